The third-order valence-corrected chi connectivity index (χ3v) is 5.41. The van der Waals surface area contributed by atoms with E-state index in [4.69, 9.17) is 11.2 Å². The maximum Gasteiger partial charge on any atom is 0.272 e. The molecule has 0 spiro atoms. The van der Waals surface area contributed by atoms with E-state index in [2.05, 4.69) is 21.5 Å². The van der Waals surface area contributed by atoms with Crippen molar-refractivity contribution in [1.82, 2.24) is 20.2 Å². The number of nitrogens with zero attached hydrogens (tertiary/aromatic N) is 2. The van der Waals surface area contributed by atoms with E-state index in [1.165, 1.54) is 11.8 Å². The minimum Gasteiger partial charge on any atom is -0.497 e. The van der Waals surface area contributed by atoms with E-state index in [1.807, 2.05) is 36.5 Å². The predicted octanol–water partition coefficient (Wildman–Crippen LogP) is 1.72. The number of rotatable bonds is 4. The first-order valence-electron chi connectivity index (χ1n) is 8.00. The molecule has 0 saturated carbocycles. The maximum absolute atomic E-state index is 13.0. The molecule has 1 atom stereocenters. The Morgan fingerprint density at radius 3 is 2.96 bits per heavy atom. The Morgan fingerprint density at radius 1 is 1.42 bits per heavy atom. The van der Waals surface area contributed by atoms with Gasteiger partial charge in [-0.2, -0.15) is 0 Å². The second-order valence-electron chi connectivity index (χ2n) is 5.68. The Hall–Kier alpha value is -3.11. The van der Waals surface area contributed by atoms with Crippen LogP contribution in [0.1, 0.15) is 5.69 Å². The van der Waals surface area contributed by atoms with Gasteiger partial charge in [-0.15, -0.1) is 6.42 Å². The van der Waals surface area contributed by atoms with Gasteiger partial charge in [0.2, 0.25) is 0 Å². The zero-order valence-corrected chi connectivity index (χ0v) is 14.8. The van der Waals surface area contributed by atoms with Crippen molar-refractivity contribution >= 4 is 17.3 Å². The number of nitrogens with one attached hydrogen (secondary N) is 2. The highest BCUT2D eigenvalue weighted by atomic mass is 32.2. The molecule has 4 rings (SSSR count). The summed E-state index contributed by atoms with van der Waals surface area (Å²) in [4.78, 5) is 18.2. The monoisotopic (exact) mass is 364 g/mol. The number of benzene rings is 1. The third kappa shape index (κ3) is 2.65. The van der Waals surface area contributed by atoms with Gasteiger partial charge in [0.25, 0.3) is 5.56 Å². The lowest BCUT2D eigenvalue weighted by Gasteiger charge is -2.20. The summed E-state index contributed by atoms with van der Waals surface area (Å²) in [5.74, 6) is 3.30. The van der Waals surface area contributed by atoms with Crippen LogP contribution in [0.3, 0.4) is 0 Å². The van der Waals surface area contributed by atoms with E-state index in [-0.39, 0.29) is 10.9 Å². The zero-order chi connectivity index (χ0) is 18.1. The minimum atomic E-state index is -0.0924. The van der Waals surface area contributed by atoms with Gasteiger partial charge < -0.3 is 15.4 Å². The number of methoxy groups -OCH3 is 1. The predicted molar refractivity (Wildman–Crippen MR) is 102 cm³/mol. The molecule has 6 nitrogen and oxygen atoms in total. The van der Waals surface area contributed by atoms with Crippen molar-refractivity contribution in [3.63, 3.8) is 0 Å². The average molecular weight is 364 g/mol. The Morgan fingerprint density at radius 2 is 2.23 bits per heavy atom. The normalized spacial score (nSPS) is 17.2. The van der Waals surface area contributed by atoms with Crippen LogP contribution in [0.15, 0.2) is 58.3 Å². The standard InChI is InChI=1S/C19H16N4O2S/c1-3-9-20-14-8-10-21-18-15(14)16-17(26-18)19(24)23(11-22-16)12-4-6-13(25-2)7-5-12/h1,4-8,10-11,18,20-21H,9H2,2H3. The lowest BCUT2D eigenvalue weighted by Crippen LogP contribution is -2.27. The Balaban J connectivity index is 1.79. The number of terminal acetylenes is 1. The largest absolute Gasteiger partial charge is 0.497 e. The van der Waals surface area contributed by atoms with Gasteiger partial charge in [-0.05, 0) is 36.5 Å². The zero-order valence-electron chi connectivity index (χ0n) is 14.0. The Kier molecular flexibility index (Phi) is 4.19. The van der Waals surface area contributed by atoms with Crippen molar-refractivity contribution in [1.29, 1.82) is 0 Å². The molecule has 0 bridgehead atoms. The molecule has 0 fully saturated rings. The molecule has 0 saturated heterocycles. The summed E-state index contributed by atoms with van der Waals surface area (Å²) < 4.78 is 6.71. The molecule has 2 aromatic rings. The third-order valence-electron chi connectivity index (χ3n) is 4.20. The number of thioether (sulfide) groups is 1. The second kappa shape index (κ2) is 6.65. The van der Waals surface area contributed by atoms with Gasteiger partial charge in [-0.3, -0.25) is 9.36 Å². The fourth-order valence-corrected chi connectivity index (χ4v) is 4.17. The van der Waals surface area contributed by atoms with Crippen LogP contribution < -0.4 is 20.9 Å². The summed E-state index contributed by atoms with van der Waals surface area (Å²) in [6.07, 6.45) is 10.7. The molecule has 0 amide bonds. The van der Waals surface area contributed by atoms with E-state index < -0.39 is 0 Å². The molecular weight excluding hydrogens is 348 g/mol. The van der Waals surface area contributed by atoms with Gasteiger partial charge in [-0.1, -0.05) is 17.7 Å². The fraction of sp³-hybridized carbons (Fsp3) is 0.158. The van der Waals surface area contributed by atoms with E-state index >= 15 is 0 Å². The quantitative estimate of drug-likeness (QED) is 0.806. The first-order valence-corrected chi connectivity index (χ1v) is 8.88. The smallest absolute Gasteiger partial charge is 0.272 e. The van der Waals surface area contributed by atoms with Crippen LogP contribution in [0.2, 0.25) is 0 Å². The summed E-state index contributed by atoms with van der Waals surface area (Å²) in [6.45, 7) is 0.415. The van der Waals surface area contributed by atoms with Gasteiger partial charge in [-0.25, -0.2) is 4.98 Å². The summed E-state index contributed by atoms with van der Waals surface area (Å²) >= 11 is 1.47. The summed E-state index contributed by atoms with van der Waals surface area (Å²) in [6, 6.07) is 7.30. The average Bonchev–Trinajstić information content (AvgIpc) is 3.07. The number of fused-ring (bicyclic) bond motifs is 3. The first-order chi connectivity index (χ1) is 12.7. The summed E-state index contributed by atoms with van der Waals surface area (Å²) in [5.41, 5.74) is 3.21. The lowest BCUT2D eigenvalue weighted by atomic mass is 10.1. The van der Waals surface area contributed by atoms with Crippen molar-refractivity contribution in [2.24, 2.45) is 0 Å². The van der Waals surface area contributed by atoms with Crippen LogP contribution in [-0.4, -0.2) is 28.6 Å². The SMILES string of the molecule is C#CCNC1=C2c3ncn(-c4ccc(OC)cc4)c(=O)c3SC2NC=C1. The van der Waals surface area contributed by atoms with Crippen LogP contribution >= 0.6 is 11.8 Å². The van der Waals surface area contributed by atoms with Crippen LogP contribution in [-0.2, 0) is 0 Å². The van der Waals surface area contributed by atoms with E-state index in [9.17, 15) is 4.79 Å². The number of aromatic nitrogens is 2. The van der Waals surface area contributed by atoms with Gasteiger partial charge in [0.05, 0.1) is 25.0 Å². The van der Waals surface area contributed by atoms with Gasteiger partial charge in [0.15, 0.2) is 0 Å². The number of hydrogen-bond donors (Lipinski definition) is 2. The van der Waals surface area contributed by atoms with Crippen LogP contribution in [0.4, 0.5) is 0 Å². The molecule has 7 heteroatoms. The highest BCUT2D eigenvalue weighted by Crippen LogP contribution is 2.43. The van der Waals surface area contributed by atoms with Crippen LogP contribution in [0.5, 0.6) is 5.75 Å². The molecule has 3 heterocycles. The van der Waals surface area contributed by atoms with Gasteiger partial charge in [0.1, 0.15) is 22.3 Å². The molecule has 26 heavy (non-hydrogen) atoms. The van der Waals surface area contributed by atoms with Crippen molar-refractivity contribution in [3.05, 3.63) is 64.6 Å². The topological polar surface area (TPSA) is 68.2 Å². The Labute approximate surface area is 155 Å². The molecule has 1 unspecified atom stereocenters. The fourth-order valence-electron chi connectivity index (χ4n) is 2.96. The van der Waals surface area contributed by atoms with E-state index in [1.54, 1.807) is 18.0 Å². The van der Waals surface area contributed by atoms with Crippen LogP contribution in [0.25, 0.3) is 11.3 Å². The minimum absolute atomic E-state index is 0.0535. The number of hydrogen-bond acceptors (Lipinski definition) is 6. The molecule has 2 N–H and O–H groups in total. The Bertz CT molecular complexity index is 1020. The molecule has 2 aliphatic heterocycles. The highest BCUT2D eigenvalue weighted by molar-refractivity contribution is 8.00. The molecule has 1 aromatic carbocycles. The molecule has 0 aliphatic carbocycles. The molecule has 130 valence electrons. The van der Waals surface area contributed by atoms with Gasteiger partial charge >= 0.3 is 0 Å². The summed E-state index contributed by atoms with van der Waals surface area (Å²) in [5, 5.41) is 6.41. The highest BCUT2D eigenvalue weighted by Gasteiger charge is 2.35. The van der Waals surface area contributed by atoms with Crippen molar-refractivity contribution in [2.45, 2.75) is 10.3 Å². The first kappa shape index (κ1) is 16.4. The molecular formula is C19H16N4O2S. The van der Waals surface area contributed by atoms with Crippen molar-refractivity contribution < 1.29 is 4.74 Å². The molecule has 0 radical (unpaired) electrons. The summed E-state index contributed by atoms with van der Waals surface area (Å²) in [7, 11) is 1.61. The molecule has 2 aliphatic rings. The second-order valence-corrected chi connectivity index (χ2v) is 6.79. The maximum atomic E-state index is 13.0. The van der Waals surface area contributed by atoms with Crippen molar-refractivity contribution in [3.8, 4) is 23.8 Å². The number of ether oxygens (including phenoxy) is 1. The number of allylic oxidation sites excluding steroid dienone is 1. The van der Waals surface area contributed by atoms with Crippen LogP contribution in [0, 0.1) is 12.3 Å². The number of dihydropyridines is 1. The van der Waals surface area contributed by atoms with E-state index in [0.717, 1.165) is 22.7 Å². The van der Waals surface area contributed by atoms with E-state index in [0.29, 0.717) is 17.1 Å². The van der Waals surface area contributed by atoms with Gasteiger partial charge in [0, 0.05) is 11.3 Å². The van der Waals surface area contributed by atoms with Crippen molar-refractivity contribution in [2.75, 3.05) is 13.7 Å². The lowest BCUT2D eigenvalue weighted by molar-refractivity contribution is 0.414. The molecule has 1 aromatic heterocycles.